The fourth-order valence-electron chi connectivity index (χ4n) is 2.77. The third kappa shape index (κ3) is 1.31. The summed E-state index contributed by atoms with van der Waals surface area (Å²) >= 11 is 0. The Balaban J connectivity index is 2.17. The first kappa shape index (κ1) is 10.1. The van der Waals surface area contributed by atoms with E-state index in [9.17, 15) is 5.11 Å². The van der Waals surface area contributed by atoms with Crippen molar-refractivity contribution in [3.63, 3.8) is 0 Å². The Morgan fingerprint density at radius 1 is 1.17 bits per heavy atom. The van der Waals surface area contributed by atoms with Crippen LogP contribution in [0.1, 0.15) is 24.4 Å². The van der Waals surface area contributed by atoms with Gasteiger partial charge in [0.2, 0.25) is 0 Å². The van der Waals surface area contributed by atoms with Gasteiger partial charge in [-0.3, -0.25) is 4.98 Å². The van der Waals surface area contributed by atoms with Crippen molar-refractivity contribution >= 4 is 21.8 Å². The van der Waals surface area contributed by atoms with Gasteiger partial charge < -0.3 is 9.67 Å². The van der Waals surface area contributed by atoms with Gasteiger partial charge in [-0.25, -0.2) is 0 Å². The van der Waals surface area contributed by atoms with Crippen molar-refractivity contribution < 1.29 is 5.11 Å². The maximum Gasteiger partial charge on any atom is 0.0682 e. The van der Waals surface area contributed by atoms with Crippen LogP contribution in [-0.4, -0.2) is 14.7 Å². The zero-order valence-electron chi connectivity index (χ0n) is 10.0. The fraction of sp³-hybridized carbons (Fsp3) is 0.267. The lowest BCUT2D eigenvalue weighted by Gasteiger charge is -2.04. The molecule has 0 aliphatic heterocycles. The Bertz CT molecular complexity index is 741. The van der Waals surface area contributed by atoms with E-state index in [-0.39, 0.29) is 6.61 Å². The number of nitrogens with zero attached hydrogens (tertiary/aromatic N) is 2. The van der Waals surface area contributed by atoms with Crippen LogP contribution in [0.3, 0.4) is 0 Å². The molecule has 1 saturated carbocycles. The van der Waals surface area contributed by atoms with Crippen LogP contribution in [0.4, 0.5) is 0 Å². The van der Waals surface area contributed by atoms with Crippen molar-refractivity contribution in [3.8, 4) is 0 Å². The van der Waals surface area contributed by atoms with Crippen molar-refractivity contribution in [1.29, 1.82) is 0 Å². The van der Waals surface area contributed by atoms with Gasteiger partial charge in [0, 0.05) is 28.5 Å². The fourth-order valence-corrected chi connectivity index (χ4v) is 2.77. The van der Waals surface area contributed by atoms with Gasteiger partial charge in [0.15, 0.2) is 0 Å². The van der Waals surface area contributed by atoms with E-state index >= 15 is 0 Å². The molecule has 3 heteroatoms. The van der Waals surface area contributed by atoms with Gasteiger partial charge >= 0.3 is 0 Å². The van der Waals surface area contributed by atoms with E-state index in [2.05, 4.69) is 27.8 Å². The van der Waals surface area contributed by atoms with Crippen molar-refractivity contribution in [2.75, 3.05) is 0 Å². The van der Waals surface area contributed by atoms with E-state index < -0.39 is 0 Å². The summed E-state index contributed by atoms with van der Waals surface area (Å²) in [5.41, 5.74) is 3.44. The number of aliphatic hydroxyl groups excluding tert-OH is 1. The average molecular weight is 238 g/mol. The smallest absolute Gasteiger partial charge is 0.0682 e. The van der Waals surface area contributed by atoms with Crippen LogP contribution in [0.25, 0.3) is 21.8 Å². The quantitative estimate of drug-likeness (QED) is 0.745. The highest BCUT2D eigenvalue weighted by atomic mass is 16.3. The third-order valence-electron chi connectivity index (χ3n) is 3.76. The number of aliphatic hydroxyl groups is 1. The highest BCUT2D eigenvalue weighted by molar-refractivity contribution is 6.08. The molecule has 1 N–H and O–H groups in total. The number of hydrogen-bond acceptors (Lipinski definition) is 2. The molecule has 0 spiro atoms. The Kier molecular flexibility index (Phi) is 2.00. The van der Waals surface area contributed by atoms with Gasteiger partial charge in [0.25, 0.3) is 0 Å². The molecule has 2 heterocycles. The normalized spacial score (nSPS) is 15.6. The maximum atomic E-state index is 9.28. The lowest BCUT2D eigenvalue weighted by Crippen LogP contribution is -1.93. The molecular formula is C15H14N2O. The molecule has 0 radical (unpaired) electrons. The molecule has 0 atom stereocenters. The Labute approximate surface area is 105 Å². The van der Waals surface area contributed by atoms with Gasteiger partial charge in [-0.15, -0.1) is 0 Å². The second kappa shape index (κ2) is 3.56. The minimum absolute atomic E-state index is 0.0944. The van der Waals surface area contributed by atoms with Crippen LogP contribution in [-0.2, 0) is 6.61 Å². The standard InChI is InChI=1S/C15H14N2O/c18-9-10-1-4-14-13(7-10)12-5-6-16-8-15(12)17(14)11-2-3-11/h1,4-8,11,18H,2-3,9H2. The number of aromatic nitrogens is 2. The molecule has 1 aliphatic carbocycles. The van der Waals surface area contributed by atoms with E-state index in [4.69, 9.17) is 0 Å². The molecule has 1 fully saturated rings. The number of hydrogen-bond donors (Lipinski definition) is 1. The SMILES string of the molecule is OCc1ccc2c(c1)c1ccncc1n2C1CC1. The molecule has 1 aromatic carbocycles. The molecule has 0 bridgehead atoms. The third-order valence-corrected chi connectivity index (χ3v) is 3.76. The molecule has 3 nitrogen and oxygen atoms in total. The minimum Gasteiger partial charge on any atom is -0.392 e. The molecule has 4 rings (SSSR count). The molecule has 18 heavy (non-hydrogen) atoms. The van der Waals surface area contributed by atoms with E-state index in [1.165, 1.54) is 34.6 Å². The second-order valence-electron chi connectivity index (χ2n) is 5.00. The van der Waals surface area contributed by atoms with Crippen molar-refractivity contribution in [2.45, 2.75) is 25.5 Å². The van der Waals surface area contributed by atoms with E-state index in [1.807, 2.05) is 18.5 Å². The zero-order valence-corrected chi connectivity index (χ0v) is 10.0. The monoisotopic (exact) mass is 238 g/mol. The molecule has 2 aromatic heterocycles. The highest BCUT2D eigenvalue weighted by Gasteiger charge is 2.27. The highest BCUT2D eigenvalue weighted by Crippen LogP contribution is 2.42. The Morgan fingerprint density at radius 3 is 2.83 bits per heavy atom. The van der Waals surface area contributed by atoms with Crippen LogP contribution in [0.2, 0.25) is 0 Å². The molecule has 90 valence electrons. The minimum atomic E-state index is 0.0944. The lowest BCUT2D eigenvalue weighted by atomic mass is 10.1. The molecule has 3 aromatic rings. The summed E-state index contributed by atoms with van der Waals surface area (Å²) in [6, 6.07) is 8.93. The summed E-state index contributed by atoms with van der Waals surface area (Å²) in [6.07, 6.45) is 6.31. The predicted molar refractivity (Wildman–Crippen MR) is 71.4 cm³/mol. The summed E-state index contributed by atoms with van der Waals surface area (Å²) in [4.78, 5) is 4.25. The number of benzene rings is 1. The van der Waals surface area contributed by atoms with Gasteiger partial charge in [-0.05, 0) is 36.6 Å². The molecule has 0 saturated heterocycles. The largest absolute Gasteiger partial charge is 0.392 e. The molecule has 0 unspecified atom stereocenters. The van der Waals surface area contributed by atoms with Crippen LogP contribution < -0.4 is 0 Å². The molecule has 1 aliphatic rings. The second-order valence-corrected chi connectivity index (χ2v) is 5.00. The van der Waals surface area contributed by atoms with Gasteiger partial charge in [-0.1, -0.05) is 6.07 Å². The van der Waals surface area contributed by atoms with Crippen molar-refractivity contribution in [3.05, 3.63) is 42.2 Å². The molecular weight excluding hydrogens is 224 g/mol. The van der Waals surface area contributed by atoms with E-state index in [1.54, 1.807) is 0 Å². The summed E-state index contributed by atoms with van der Waals surface area (Å²) in [6.45, 7) is 0.0944. The number of pyridine rings is 1. The first-order valence-electron chi connectivity index (χ1n) is 6.36. The van der Waals surface area contributed by atoms with Crippen LogP contribution in [0, 0.1) is 0 Å². The van der Waals surface area contributed by atoms with Crippen LogP contribution in [0.15, 0.2) is 36.7 Å². The molecule has 0 amide bonds. The lowest BCUT2D eigenvalue weighted by molar-refractivity contribution is 0.282. The summed E-state index contributed by atoms with van der Waals surface area (Å²) in [5.74, 6) is 0. The number of fused-ring (bicyclic) bond motifs is 3. The topological polar surface area (TPSA) is 38.1 Å². The van der Waals surface area contributed by atoms with Crippen LogP contribution >= 0.6 is 0 Å². The first-order chi connectivity index (χ1) is 8.88. The first-order valence-corrected chi connectivity index (χ1v) is 6.36. The summed E-state index contributed by atoms with van der Waals surface area (Å²) < 4.78 is 2.40. The van der Waals surface area contributed by atoms with Gasteiger partial charge in [-0.2, -0.15) is 0 Å². The van der Waals surface area contributed by atoms with Crippen molar-refractivity contribution in [2.24, 2.45) is 0 Å². The maximum absolute atomic E-state index is 9.28. The van der Waals surface area contributed by atoms with E-state index in [0.29, 0.717) is 6.04 Å². The Morgan fingerprint density at radius 2 is 2.06 bits per heavy atom. The predicted octanol–water partition coefficient (Wildman–Crippen LogP) is 3.02. The van der Waals surface area contributed by atoms with Crippen molar-refractivity contribution in [1.82, 2.24) is 9.55 Å². The summed E-state index contributed by atoms with van der Waals surface area (Å²) in [7, 11) is 0. The Hall–Kier alpha value is -1.87. The average Bonchev–Trinajstić information content (AvgIpc) is 3.20. The van der Waals surface area contributed by atoms with Gasteiger partial charge in [0.1, 0.15) is 0 Å². The zero-order chi connectivity index (χ0) is 12.1. The van der Waals surface area contributed by atoms with Crippen LogP contribution in [0.5, 0.6) is 0 Å². The summed E-state index contributed by atoms with van der Waals surface area (Å²) in [5, 5.41) is 11.7. The van der Waals surface area contributed by atoms with E-state index in [0.717, 1.165) is 5.56 Å². The van der Waals surface area contributed by atoms with Gasteiger partial charge in [0.05, 0.1) is 18.3 Å². The number of rotatable bonds is 2.